The minimum Gasteiger partial charge on any atom is -0.481 e. The highest BCUT2D eigenvalue weighted by atomic mass is 32.1. The minimum atomic E-state index is -0.750. The van der Waals surface area contributed by atoms with Crippen LogP contribution in [0.25, 0.3) is 0 Å². The van der Waals surface area contributed by atoms with Crippen molar-refractivity contribution in [3.8, 4) is 0 Å². The van der Waals surface area contributed by atoms with Crippen LogP contribution in [0.2, 0.25) is 0 Å². The highest BCUT2D eigenvalue weighted by Gasteiger charge is 2.20. The van der Waals surface area contributed by atoms with Gasteiger partial charge in [0.15, 0.2) is 0 Å². The summed E-state index contributed by atoms with van der Waals surface area (Å²) in [5.41, 5.74) is 2.86. The molecule has 0 radical (unpaired) electrons. The number of aliphatic carboxylic acids is 1. The van der Waals surface area contributed by atoms with Crippen molar-refractivity contribution in [3.05, 3.63) is 16.1 Å². The number of nitrogens with zero attached hydrogens (tertiary/aromatic N) is 2. The average Bonchev–Trinajstić information content (AvgIpc) is 2.62. The van der Waals surface area contributed by atoms with E-state index in [0.29, 0.717) is 6.54 Å². The Bertz CT molecular complexity index is 365. The average molecular weight is 242 g/mol. The maximum absolute atomic E-state index is 10.8. The summed E-state index contributed by atoms with van der Waals surface area (Å²) in [5.74, 6) is -1.10. The lowest BCUT2D eigenvalue weighted by Gasteiger charge is -2.25. The van der Waals surface area contributed by atoms with Crippen molar-refractivity contribution in [2.75, 3.05) is 13.6 Å². The number of thiazole rings is 1. The van der Waals surface area contributed by atoms with E-state index in [9.17, 15) is 4.79 Å². The Hall–Kier alpha value is -0.940. The summed E-state index contributed by atoms with van der Waals surface area (Å²) < 4.78 is 0. The third-order valence-corrected chi connectivity index (χ3v) is 3.91. The maximum atomic E-state index is 10.8. The fourth-order valence-corrected chi connectivity index (χ4v) is 2.50. The molecular weight excluding hydrogens is 224 g/mol. The van der Waals surface area contributed by atoms with E-state index in [4.69, 9.17) is 5.11 Å². The second-order valence-corrected chi connectivity index (χ2v) is 5.04. The second kappa shape index (κ2) is 5.41. The van der Waals surface area contributed by atoms with E-state index in [1.54, 1.807) is 18.3 Å². The molecule has 16 heavy (non-hydrogen) atoms. The predicted octanol–water partition coefficient (Wildman–Crippen LogP) is 2.17. The van der Waals surface area contributed by atoms with E-state index in [1.165, 1.54) is 4.88 Å². The van der Waals surface area contributed by atoms with Crippen LogP contribution in [0.1, 0.15) is 30.5 Å². The van der Waals surface area contributed by atoms with Crippen molar-refractivity contribution >= 4 is 17.3 Å². The van der Waals surface area contributed by atoms with Crippen LogP contribution in [-0.4, -0.2) is 34.6 Å². The first-order valence-corrected chi connectivity index (χ1v) is 6.14. The molecule has 1 heterocycles. The zero-order valence-electron chi connectivity index (χ0n) is 10.1. The Balaban J connectivity index is 2.64. The number of carbonyl (C=O) groups is 1. The summed E-state index contributed by atoms with van der Waals surface area (Å²) in [6.07, 6.45) is 0. The van der Waals surface area contributed by atoms with Gasteiger partial charge in [-0.2, -0.15) is 0 Å². The van der Waals surface area contributed by atoms with Gasteiger partial charge in [0.2, 0.25) is 0 Å². The van der Waals surface area contributed by atoms with Crippen LogP contribution >= 0.6 is 11.3 Å². The number of aromatic nitrogens is 1. The van der Waals surface area contributed by atoms with Gasteiger partial charge >= 0.3 is 5.97 Å². The van der Waals surface area contributed by atoms with Gasteiger partial charge in [-0.15, -0.1) is 11.3 Å². The molecule has 1 aromatic rings. The molecule has 0 fully saturated rings. The zero-order chi connectivity index (χ0) is 12.3. The standard InChI is InChI=1S/C11H18N2O2S/c1-7(11(14)15)5-13(4)9(3)10-8(2)12-6-16-10/h6-7,9H,5H2,1-4H3,(H,14,15). The van der Waals surface area contributed by atoms with Crippen molar-refractivity contribution < 1.29 is 9.90 Å². The molecule has 2 unspecified atom stereocenters. The SMILES string of the molecule is Cc1ncsc1C(C)N(C)CC(C)C(=O)O. The largest absolute Gasteiger partial charge is 0.481 e. The first-order valence-electron chi connectivity index (χ1n) is 5.26. The molecule has 0 saturated carbocycles. The molecule has 5 heteroatoms. The maximum Gasteiger partial charge on any atom is 0.307 e. The lowest BCUT2D eigenvalue weighted by atomic mass is 10.1. The van der Waals surface area contributed by atoms with Crippen LogP contribution < -0.4 is 0 Å². The Labute approximate surface area is 99.9 Å². The van der Waals surface area contributed by atoms with Crippen LogP contribution in [0, 0.1) is 12.8 Å². The number of aryl methyl sites for hydroxylation is 1. The van der Waals surface area contributed by atoms with Gasteiger partial charge in [-0.05, 0) is 20.9 Å². The van der Waals surface area contributed by atoms with Crippen LogP contribution in [0.5, 0.6) is 0 Å². The van der Waals surface area contributed by atoms with E-state index in [0.717, 1.165) is 5.69 Å². The van der Waals surface area contributed by atoms with Crippen molar-refractivity contribution in [3.63, 3.8) is 0 Å². The molecule has 0 aromatic carbocycles. The molecule has 0 bridgehead atoms. The van der Waals surface area contributed by atoms with Gasteiger partial charge in [0.1, 0.15) is 0 Å². The van der Waals surface area contributed by atoms with Crippen LogP contribution in [-0.2, 0) is 4.79 Å². The van der Waals surface area contributed by atoms with Crippen LogP contribution in [0.4, 0.5) is 0 Å². The summed E-state index contributed by atoms with van der Waals surface area (Å²) in [5, 5.41) is 8.86. The van der Waals surface area contributed by atoms with Gasteiger partial charge in [-0.25, -0.2) is 4.98 Å². The van der Waals surface area contributed by atoms with E-state index in [-0.39, 0.29) is 12.0 Å². The fraction of sp³-hybridized carbons (Fsp3) is 0.636. The van der Waals surface area contributed by atoms with Gasteiger partial charge in [0.05, 0.1) is 17.1 Å². The molecule has 0 aliphatic heterocycles. The van der Waals surface area contributed by atoms with Gasteiger partial charge < -0.3 is 5.11 Å². The first-order chi connectivity index (χ1) is 7.43. The highest BCUT2D eigenvalue weighted by molar-refractivity contribution is 7.09. The number of carboxylic acid groups (broad SMARTS) is 1. The topological polar surface area (TPSA) is 53.4 Å². The second-order valence-electron chi connectivity index (χ2n) is 4.16. The van der Waals surface area contributed by atoms with E-state index >= 15 is 0 Å². The van der Waals surface area contributed by atoms with E-state index < -0.39 is 5.97 Å². The molecule has 4 nitrogen and oxygen atoms in total. The molecule has 0 aliphatic rings. The first kappa shape index (κ1) is 13.1. The normalized spacial score (nSPS) is 15.1. The monoisotopic (exact) mass is 242 g/mol. The Morgan fingerprint density at radius 3 is 2.69 bits per heavy atom. The van der Waals surface area contributed by atoms with Crippen molar-refractivity contribution in [2.45, 2.75) is 26.8 Å². The molecule has 1 aromatic heterocycles. The third kappa shape index (κ3) is 3.02. The number of rotatable bonds is 5. The smallest absolute Gasteiger partial charge is 0.307 e. The molecule has 0 amide bonds. The lowest BCUT2D eigenvalue weighted by Crippen LogP contribution is -2.30. The summed E-state index contributed by atoms with van der Waals surface area (Å²) in [6, 6.07) is 0.217. The third-order valence-electron chi connectivity index (χ3n) is 2.81. The Morgan fingerprint density at radius 2 is 2.25 bits per heavy atom. The van der Waals surface area contributed by atoms with E-state index in [1.807, 2.05) is 19.5 Å². The molecular formula is C11H18N2O2S. The minimum absolute atomic E-state index is 0.217. The predicted molar refractivity (Wildman–Crippen MR) is 64.7 cm³/mol. The van der Waals surface area contributed by atoms with Crippen molar-refractivity contribution in [1.82, 2.24) is 9.88 Å². The van der Waals surface area contributed by atoms with Gasteiger partial charge in [0.25, 0.3) is 0 Å². The number of hydrogen-bond acceptors (Lipinski definition) is 4. The Kier molecular flexibility index (Phi) is 4.44. The molecule has 0 aliphatic carbocycles. The fourth-order valence-electron chi connectivity index (χ4n) is 1.58. The summed E-state index contributed by atoms with van der Waals surface area (Å²) >= 11 is 1.62. The summed E-state index contributed by atoms with van der Waals surface area (Å²) in [4.78, 5) is 18.2. The summed E-state index contributed by atoms with van der Waals surface area (Å²) in [7, 11) is 1.95. The quantitative estimate of drug-likeness (QED) is 0.859. The molecule has 1 N–H and O–H groups in total. The zero-order valence-corrected chi connectivity index (χ0v) is 10.9. The van der Waals surface area contributed by atoms with E-state index in [2.05, 4.69) is 16.8 Å². The number of hydrogen-bond donors (Lipinski definition) is 1. The van der Waals surface area contributed by atoms with Crippen molar-refractivity contribution in [1.29, 1.82) is 0 Å². The summed E-state index contributed by atoms with van der Waals surface area (Å²) in [6.45, 7) is 6.34. The van der Waals surface area contributed by atoms with Crippen molar-refractivity contribution in [2.24, 2.45) is 5.92 Å². The van der Waals surface area contributed by atoms with Gasteiger partial charge in [0, 0.05) is 17.5 Å². The molecule has 0 spiro atoms. The van der Waals surface area contributed by atoms with Gasteiger partial charge in [-0.3, -0.25) is 9.69 Å². The number of carboxylic acids is 1. The van der Waals surface area contributed by atoms with Crippen LogP contribution in [0.3, 0.4) is 0 Å². The molecule has 0 saturated heterocycles. The molecule has 2 atom stereocenters. The highest BCUT2D eigenvalue weighted by Crippen LogP contribution is 2.26. The van der Waals surface area contributed by atoms with Crippen LogP contribution in [0.15, 0.2) is 5.51 Å². The molecule has 90 valence electrons. The Morgan fingerprint density at radius 1 is 1.62 bits per heavy atom. The molecule has 1 rings (SSSR count). The van der Waals surface area contributed by atoms with Gasteiger partial charge in [-0.1, -0.05) is 6.92 Å². The lowest BCUT2D eigenvalue weighted by molar-refractivity contribution is -0.141.